The Morgan fingerprint density at radius 1 is 1.24 bits per heavy atom. The van der Waals surface area contributed by atoms with Crippen LogP contribution in [0.5, 0.6) is 5.75 Å². The summed E-state index contributed by atoms with van der Waals surface area (Å²) in [6.07, 6.45) is 2.51. The van der Waals surface area contributed by atoms with Crippen LogP contribution in [0, 0.1) is 5.82 Å². The molecule has 7 heteroatoms. The summed E-state index contributed by atoms with van der Waals surface area (Å²) in [6, 6.07) is 12.5. The molecule has 1 aromatic heterocycles. The lowest BCUT2D eigenvalue weighted by Gasteiger charge is -2.16. The van der Waals surface area contributed by atoms with Crippen LogP contribution in [0.2, 0.25) is 5.02 Å². The van der Waals surface area contributed by atoms with E-state index >= 15 is 0 Å². The van der Waals surface area contributed by atoms with Gasteiger partial charge in [0.1, 0.15) is 11.6 Å². The average molecular weight is 432 g/mol. The van der Waals surface area contributed by atoms with Crippen molar-refractivity contribution in [3.05, 3.63) is 82.9 Å². The molecule has 0 bridgehead atoms. The lowest BCUT2D eigenvalue weighted by Crippen LogP contribution is -2.12. The fraction of sp³-hybridized carbons (Fsp3) is 0.273. The first-order valence-electron chi connectivity index (χ1n) is 9.38. The predicted molar refractivity (Wildman–Crippen MR) is 116 cm³/mol. The Morgan fingerprint density at radius 3 is 2.66 bits per heavy atom. The van der Waals surface area contributed by atoms with Gasteiger partial charge in [0.05, 0.1) is 0 Å². The fourth-order valence-electron chi connectivity index (χ4n) is 2.85. The Morgan fingerprint density at radius 2 is 2.00 bits per heavy atom. The molecule has 0 saturated heterocycles. The number of allylic oxidation sites excluding steroid dienone is 1. The Hall–Kier alpha value is -2.31. The lowest BCUT2D eigenvalue weighted by molar-refractivity contribution is 0.210. The first-order valence-corrected chi connectivity index (χ1v) is 10.7. The van der Waals surface area contributed by atoms with Crippen molar-refractivity contribution in [2.45, 2.75) is 43.8 Å². The van der Waals surface area contributed by atoms with Crippen LogP contribution in [0.15, 0.2) is 60.3 Å². The van der Waals surface area contributed by atoms with Gasteiger partial charge < -0.3 is 4.74 Å². The van der Waals surface area contributed by atoms with Crippen molar-refractivity contribution in [1.29, 1.82) is 0 Å². The third kappa shape index (κ3) is 5.40. The molecule has 29 heavy (non-hydrogen) atoms. The quantitative estimate of drug-likeness (QED) is 0.296. The zero-order valence-electron chi connectivity index (χ0n) is 16.4. The summed E-state index contributed by atoms with van der Waals surface area (Å²) in [5, 5.41) is 9.79. The summed E-state index contributed by atoms with van der Waals surface area (Å²) in [5.41, 5.74) is 2.10. The zero-order chi connectivity index (χ0) is 20.8. The van der Waals surface area contributed by atoms with Crippen molar-refractivity contribution in [2.24, 2.45) is 0 Å². The molecule has 0 aliphatic heterocycles. The third-order valence-corrected chi connectivity index (χ3v) is 5.80. The van der Waals surface area contributed by atoms with Gasteiger partial charge >= 0.3 is 0 Å². The second-order valence-corrected chi connectivity index (χ2v) is 7.87. The van der Waals surface area contributed by atoms with Gasteiger partial charge in [0.2, 0.25) is 0 Å². The Bertz CT molecular complexity index is 975. The van der Waals surface area contributed by atoms with Gasteiger partial charge in [-0.05, 0) is 48.7 Å². The summed E-state index contributed by atoms with van der Waals surface area (Å²) in [5.74, 6) is 1.72. The van der Waals surface area contributed by atoms with Crippen LogP contribution >= 0.6 is 23.4 Å². The monoisotopic (exact) mass is 431 g/mol. The van der Waals surface area contributed by atoms with Gasteiger partial charge in [0, 0.05) is 17.3 Å². The molecule has 1 atom stereocenters. The number of nitrogens with zero attached hydrogens (tertiary/aromatic N) is 3. The molecule has 1 unspecified atom stereocenters. The first kappa shape index (κ1) is 21.4. The topological polar surface area (TPSA) is 39.9 Å². The van der Waals surface area contributed by atoms with E-state index in [-0.39, 0.29) is 11.9 Å². The molecule has 0 radical (unpaired) electrons. The number of ether oxygens (including phenoxy) is 1. The SMILES string of the molecule is C=CCn1c(SCc2ccc(F)cc2Cl)nnc1C(C)Oc1ccc(CC)cc1. The van der Waals surface area contributed by atoms with Gasteiger partial charge in [0.15, 0.2) is 17.1 Å². The number of rotatable bonds is 9. The second-order valence-electron chi connectivity index (χ2n) is 6.52. The van der Waals surface area contributed by atoms with E-state index in [9.17, 15) is 4.39 Å². The number of hydrogen-bond acceptors (Lipinski definition) is 4. The number of benzene rings is 2. The number of aryl methyl sites for hydroxylation is 1. The molecule has 4 nitrogen and oxygen atoms in total. The maximum Gasteiger partial charge on any atom is 0.191 e. The Balaban J connectivity index is 1.75. The van der Waals surface area contributed by atoms with E-state index in [0.717, 1.165) is 28.7 Å². The van der Waals surface area contributed by atoms with E-state index < -0.39 is 0 Å². The molecule has 0 aliphatic rings. The molecule has 0 amide bonds. The van der Waals surface area contributed by atoms with Crippen LogP contribution in [0.3, 0.4) is 0 Å². The van der Waals surface area contributed by atoms with Crippen molar-refractivity contribution < 1.29 is 9.13 Å². The van der Waals surface area contributed by atoms with Crippen molar-refractivity contribution in [2.75, 3.05) is 0 Å². The van der Waals surface area contributed by atoms with E-state index in [1.165, 1.54) is 29.5 Å². The van der Waals surface area contributed by atoms with Gasteiger partial charge in [-0.15, -0.1) is 16.8 Å². The minimum Gasteiger partial charge on any atom is -0.483 e. The molecule has 0 saturated carbocycles. The highest BCUT2D eigenvalue weighted by molar-refractivity contribution is 7.98. The van der Waals surface area contributed by atoms with Crippen LogP contribution in [-0.2, 0) is 18.7 Å². The van der Waals surface area contributed by atoms with Gasteiger partial charge in [-0.25, -0.2) is 4.39 Å². The standard InChI is InChI=1S/C22H23ClFN3OS/c1-4-12-27-21(15(3)28-19-10-6-16(5-2)7-11-19)25-26-22(27)29-14-17-8-9-18(24)13-20(17)23/h4,6-11,13,15H,1,5,12,14H2,2-3H3. The summed E-state index contributed by atoms with van der Waals surface area (Å²) in [6.45, 7) is 8.46. The maximum atomic E-state index is 13.2. The minimum atomic E-state index is -0.348. The van der Waals surface area contributed by atoms with Crippen molar-refractivity contribution in [3.8, 4) is 5.75 Å². The number of halogens is 2. The predicted octanol–water partition coefficient (Wildman–Crippen LogP) is 6.25. The summed E-state index contributed by atoms with van der Waals surface area (Å²) < 4.78 is 21.3. The molecular weight excluding hydrogens is 409 g/mol. The minimum absolute atomic E-state index is 0.279. The summed E-state index contributed by atoms with van der Waals surface area (Å²) in [7, 11) is 0. The molecule has 0 spiro atoms. The van der Waals surface area contributed by atoms with Gasteiger partial charge in [-0.1, -0.05) is 54.6 Å². The van der Waals surface area contributed by atoms with Crippen LogP contribution < -0.4 is 4.74 Å². The highest BCUT2D eigenvalue weighted by Gasteiger charge is 2.19. The number of aromatic nitrogens is 3. The van der Waals surface area contributed by atoms with Gasteiger partial charge in [0.25, 0.3) is 0 Å². The fourth-order valence-corrected chi connectivity index (χ4v) is 4.12. The van der Waals surface area contributed by atoms with E-state index in [4.69, 9.17) is 16.3 Å². The zero-order valence-corrected chi connectivity index (χ0v) is 18.0. The normalized spacial score (nSPS) is 12.0. The smallest absolute Gasteiger partial charge is 0.191 e. The lowest BCUT2D eigenvalue weighted by atomic mass is 10.2. The molecule has 1 heterocycles. The molecule has 3 aromatic rings. The largest absolute Gasteiger partial charge is 0.483 e. The summed E-state index contributed by atoms with van der Waals surface area (Å²) in [4.78, 5) is 0. The second kappa shape index (κ2) is 9.94. The molecule has 3 rings (SSSR count). The molecule has 0 aliphatic carbocycles. The van der Waals surface area contributed by atoms with Gasteiger partial charge in [-0.3, -0.25) is 4.57 Å². The van der Waals surface area contributed by atoms with Crippen molar-refractivity contribution in [1.82, 2.24) is 14.8 Å². The van der Waals surface area contributed by atoms with Gasteiger partial charge in [-0.2, -0.15) is 0 Å². The average Bonchev–Trinajstić information content (AvgIpc) is 3.11. The number of hydrogen-bond donors (Lipinski definition) is 0. The Labute approximate surface area is 179 Å². The Kier molecular flexibility index (Phi) is 7.34. The summed E-state index contributed by atoms with van der Waals surface area (Å²) >= 11 is 7.62. The van der Waals surface area contributed by atoms with E-state index in [1.54, 1.807) is 12.1 Å². The van der Waals surface area contributed by atoms with Crippen LogP contribution in [0.25, 0.3) is 0 Å². The molecular formula is C22H23ClFN3OS. The van der Waals surface area contributed by atoms with Crippen LogP contribution in [-0.4, -0.2) is 14.8 Å². The van der Waals surface area contributed by atoms with Crippen LogP contribution in [0.4, 0.5) is 4.39 Å². The van der Waals surface area contributed by atoms with Crippen molar-refractivity contribution >= 4 is 23.4 Å². The molecule has 0 N–H and O–H groups in total. The molecule has 2 aromatic carbocycles. The first-order chi connectivity index (χ1) is 14.0. The number of thioether (sulfide) groups is 1. The highest BCUT2D eigenvalue weighted by atomic mass is 35.5. The highest BCUT2D eigenvalue weighted by Crippen LogP contribution is 2.29. The van der Waals surface area contributed by atoms with E-state index in [0.29, 0.717) is 17.3 Å². The van der Waals surface area contributed by atoms with E-state index in [1.807, 2.05) is 23.6 Å². The third-order valence-electron chi connectivity index (χ3n) is 4.44. The molecule has 0 fully saturated rings. The molecule has 152 valence electrons. The van der Waals surface area contributed by atoms with Crippen molar-refractivity contribution in [3.63, 3.8) is 0 Å². The van der Waals surface area contributed by atoms with Crippen LogP contribution in [0.1, 0.15) is 36.9 Å². The maximum absolute atomic E-state index is 13.2. The van der Waals surface area contributed by atoms with E-state index in [2.05, 4.69) is 35.8 Å².